The lowest BCUT2D eigenvalue weighted by Gasteiger charge is -2.26. The maximum atomic E-state index is 11.8. The SMILES string of the molecule is CCOCCCNC(=O)C1CNCC(C)C1. The molecule has 1 heterocycles. The van der Waals surface area contributed by atoms with Crippen LogP contribution in [0.25, 0.3) is 0 Å². The normalized spacial score (nSPS) is 25.4. The van der Waals surface area contributed by atoms with Crippen molar-refractivity contribution in [3.05, 3.63) is 0 Å². The van der Waals surface area contributed by atoms with Crippen LogP contribution in [-0.4, -0.2) is 38.8 Å². The standard InChI is InChI=1S/C12H24N2O2/c1-3-16-6-4-5-14-12(15)11-7-10(2)8-13-9-11/h10-11,13H,3-9H2,1-2H3,(H,14,15). The molecule has 1 aliphatic heterocycles. The fourth-order valence-electron chi connectivity index (χ4n) is 2.03. The lowest BCUT2D eigenvalue weighted by molar-refractivity contribution is -0.125. The Bertz CT molecular complexity index is 209. The molecule has 16 heavy (non-hydrogen) atoms. The van der Waals surface area contributed by atoms with E-state index >= 15 is 0 Å². The molecule has 0 aromatic rings. The predicted molar refractivity (Wildman–Crippen MR) is 64.3 cm³/mol. The number of rotatable bonds is 6. The fraction of sp³-hybridized carbons (Fsp3) is 0.917. The van der Waals surface area contributed by atoms with Gasteiger partial charge in [-0.1, -0.05) is 6.92 Å². The van der Waals surface area contributed by atoms with Crippen molar-refractivity contribution in [2.45, 2.75) is 26.7 Å². The second-order valence-electron chi connectivity index (χ2n) is 4.54. The zero-order chi connectivity index (χ0) is 11.8. The first kappa shape index (κ1) is 13.5. The van der Waals surface area contributed by atoms with Crippen LogP contribution >= 0.6 is 0 Å². The van der Waals surface area contributed by atoms with Gasteiger partial charge < -0.3 is 15.4 Å². The summed E-state index contributed by atoms with van der Waals surface area (Å²) in [5.74, 6) is 0.944. The van der Waals surface area contributed by atoms with E-state index in [0.717, 1.165) is 45.7 Å². The summed E-state index contributed by atoms with van der Waals surface area (Å²) in [5, 5.41) is 6.26. The van der Waals surface area contributed by atoms with E-state index in [-0.39, 0.29) is 11.8 Å². The molecule has 2 N–H and O–H groups in total. The van der Waals surface area contributed by atoms with E-state index in [1.807, 2.05) is 6.92 Å². The van der Waals surface area contributed by atoms with E-state index in [0.29, 0.717) is 5.92 Å². The molecule has 94 valence electrons. The Morgan fingerprint density at radius 1 is 1.50 bits per heavy atom. The molecule has 0 spiro atoms. The van der Waals surface area contributed by atoms with Crippen LogP contribution in [0.15, 0.2) is 0 Å². The van der Waals surface area contributed by atoms with Crippen molar-refractivity contribution in [1.82, 2.24) is 10.6 Å². The van der Waals surface area contributed by atoms with Gasteiger partial charge in [0, 0.05) is 26.3 Å². The third-order valence-corrected chi connectivity index (χ3v) is 2.91. The maximum absolute atomic E-state index is 11.8. The maximum Gasteiger partial charge on any atom is 0.224 e. The zero-order valence-electron chi connectivity index (χ0n) is 10.4. The van der Waals surface area contributed by atoms with Gasteiger partial charge in [0.25, 0.3) is 0 Å². The monoisotopic (exact) mass is 228 g/mol. The topological polar surface area (TPSA) is 50.4 Å². The molecule has 1 saturated heterocycles. The summed E-state index contributed by atoms with van der Waals surface area (Å²) in [6.07, 6.45) is 1.90. The lowest BCUT2D eigenvalue weighted by Crippen LogP contribution is -2.43. The summed E-state index contributed by atoms with van der Waals surface area (Å²) in [6.45, 7) is 8.22. The molecular weight excluding hydrogens is 204 g/mol. The molecule has 0 aromatic carbocycles. The number of amides is 1. The van der Waals surface area contributed by atoms with Gasteiger partial charge in [0.15, 0.2) is 0 Å². The second-order valence-corrected chi connectivity index (χ2v) is 4.54. The molecule has 1 rings (SSSR count). The minimum Gasteiger partial charge on any atom is -0.382 e. The van der Waals surface area contributed by atoms with Crippen molar-refractivity contribution in [2.24, 2.45) is 11.8 Å². The summed E-state index contributed by atoms with van der Waals surface area (Å²) < 4.78 is 5.21. The third-order valence-electron chi connectivity index (χ3n) is 2.91. The van der Waals surface area contributed by atoms with Gasteiger partial charge >= 0.3 is 0 Å². The molecule has 0 aromatic heterocycles. The number of hydrogen-bond donors (Lipinski definition) is 2. The van der Waals surface area contributed by atoms with Crippen molar-refractivity contribution < 1.29 is 9.53 Å². The Hall–Kier alpha value is -0.610. The predicted octanol–water partition coefficient (Wildman–Crippen LogP) is 0.775. The van der Waals surface area contributed by atoms with E-state index < -0.39 is 0 Å². The Morgan fingerprint density at radius 2 is 2.31 bits per heavy atom. The summed E-state index contributed by atoms with van der Waals surface area (Å²) in [4.78, 5) is 11.8. The van der Waals surface area contributed by atoms with Gasteiger partial charge in [-0.2, -0.15) is 0 Å². The molecule has 4 heteroatoms. The molecule has 1 fully saturated rings. The van der Waals surface area contributed by atoms with Crippen LogP contribution in [0.4, 0.5) is 0 Å². The van der Waals surface area contributed by atoms with Crippen molar-refractivity contribution in [3.63, 3.8) is 0 Å². The average Bonchev–Trinajstić information content (AvgIpc) is 2.28. The second kappa shape index (κ2) is 7.63. The minimum atomic E-state index is 0.149. The van der Waals surface area contributed by atoms with Gasteiger partial charge in [-0.25, -0.2) is 0 Å². The number of ether oxygens (including phenoxy) is 1. The van der Waals surface area contributed by atoms with Crippen LogP contribution in [0, 0.1) is 11.8 Å². The molecule has 1 aliphatic rings. The molecular formula is C12H24N2O2. The van der Waals surface area contributed by atoms with Crippen molar-refractivity contribution >= 4 is 5.91 Å². The highest BCUT2D eigenvalue weighted by molar-refractivity contribution is 5.78. The Labute approximate surface area is 98.1 Å². The van der Waals surface area contributed by atoms with Gasteiger partial charge in [-0.05, 0) is 32.2 Å². The van der Waals surface area contributed by atoms with Crippen LogP contribution in [0.2, 0.25) is 0 Å². The molecule has 4 nitrogen and oxygen atoms in total. The van der Waals surface area contributed by atoms with Gasteiger partial charge in [0.05, 0.1) is 5.92 Å². The Morgan fingerprint density at radius 3 is 3.00 bits per heavy atom. The number of carbonyl (C=O) groups excluding carboxylic acids is 1. The Balaban J connectivity index is 2.09. The quantitative estimate of drug-likeness (QED) is 0.660. The van der Waals surface area contributed by atoms with Gasteiger partial charge in [-0.3, -0.25) is 4.79 Å². The number of hydrogen-bond acceptors (Lipinski definition) is 3. The van der Waals surface area contributed by atoms with Crippen LogP contribution in [0.1, 0.15) is 26.7 Å². The zero-order valence-corrected chi connectivity index (χ0v) is 10.4. The highest BCUT2D eigenvalue weighted by atomic mass is 16.5. The van der Waals surface area contributed by atoms with E-state index in [4.69, 9.17) is 4.74 Å². The molecule has 0 radical (unpaired) electrons. The van der Waals surface area contributed by atoms with Crippen LogP contribution in [0.5, 0.6) is 0 Å². The largest absolute Gasteiger partial charge is 0.382 e. The fourth-order valence-corrected chi connectivity index (χ4v) is 2.03. The minimum absolute atomic E-state index is 0.149. The van der Waals surface area contributed by atoms with E-state index in [2.05, 4.69) is 17.6 Å². The third kappa shape index (κ3) is 4.94. The molecule has 2 unspecified atom stereocenters. The molecule has 0 saturated carbocycles. The van der Waals surface area contributed by atoms with E-state index in [1.165, 1.54) is 0 Å². The van der Waals surface area contributed by atoms with E-state index in [1.54, 1.807) is 0 Å². The number of nitrogens with one attached hydrogen (secondary N) is 2. The molecule has 0 aliphatic carbocycles. The van der Waals surface area contributed by atoms with Crippen molar-refractivity contribution in [1.29, 1.82) is 0 Å². The van der Waals surface area contributed by atoms with Crippen LogP contribution < -0.4 is 10.6 Å². The smallest absolute Gasteiger partial charge is 0.224 e. The van der Waals surface area contributed by atoms with Gasteiger partial charge in [0.2, 0.25) is 5.91 Å². The number of piperidine rings is 1. The first-order valence-electron chi connectivity index (χ1n) is 6.30. The van der Waals surface area contributed by atoms with E-state index in [9.17, 15) is 4.79 Å². The summed E-state index contributed by atoms with van der Waals surface area (Å²) in [6, 6.07) is 0. The summed E-state index contributed by atoms with van der Waals surface area (Å²) in [7, 11) is 0. The lowest BCUT2D eigenvalue weighted by atomic mass is 9.91. The van der Waals surface area contributed by atoms with Crippen molar-refractivity contribution in [3.8, 4) is 0 Å². The number of carbonyl (C=O) groups is 1. The highest BCUT2D eigenvalue weighted by Gasteiger charge is 2.24. The summed E-state index contributed by atoms with van der Waals surface area (Å²) >= 11 is 0. The molecule has 0 bridgehead atoms. The first-order valence-corrected chi connectivity index (χ1v) is 6.30. The summed E-state index contributed by atoms with van der Waals surface area (Å²) in [5.41, 5.74) is 0. The highest BCUT2D eigenvalue weighted by Crippen LogP contribution is 2.15. The Kier molecular flexibility index (Phi) is 6.42. The first-order chi connectivity index (χ1) is 7.74. The van der Waals surface area contributed by atoms with Gasteiger partial charge in [0.1, 0.15) is 0 Å². The van der Waals surface area contributed by atoms with Gasteiger partial charge in [-0.15, -0.1) is 0 Å². The van der Waals surface area contributed by atoms with Crippen molar-refractivity contribution in [2.75, 3.05) is 32.8 Å². The van der Waals surface area contributed by atoms with Crippen LogP contribution in [0.3, 0.4) is 0 Å². The molecule has 2 atom stereocenters. The average molecular weight is 228 g/mol. The van der Waals surface area contributed by atoms with Crippen LogP contribution in [-0.2, 0) is 9.53 Å². The molecule has 1 amide bonds.